The normalized spacial score (nSPS) is 10.5. The van der Waals surface area contributed by atoms with Gasteiger partial charge in [-0.3, -0.25) is 9.78 Å². The van der Waals surface area contributed by atoms with Gasteiger partial charge in [0.15, 0.2) is 0 Å². The average molecular weight is 388 g/mol. The van der Waals surface area contributed by atoms with E-state index in [2.05, 4.69) is 31.2 Å². The molecule has 4 nitrogen and oxygen atoms in total. The summed E-state index contributed by atoms with van der Waals surface area (Å²) in [6.07, 6.45) is 4.23. The summed E-state index contributed by atoms with van der Waals surface area (Å²) in [5.74, 6) is -0.0733. The molecule has 0 saturated heterocycles. The fraction of sp³-hybridized carbons (Fsp3) is 0.118. The van der Waals surface area contributed by atoms with Crippen molar-refractivity contribution in [2.45, 2.75) is 6.42 Å². The van der Waals surface area contributed by atoms with Gasteiger partial charge in [-0.1, -0.05) is 22.0 Å². The molecule has 0 unspecified atom stereocenters. The van der Waals surface area contributed by atoms with Crippen LogP contribution >= 0.6 is 27.3 Å². The Morgan fingerprint density at radius 2 is 2.04 bits per heavy atom. The van der Waals surface area contributed by atoms with Gasteiger partial charge >= 0.3 is 0 Å². The monoisotopic (exact) mass is 387 g/mol. The van der Waals surface area contributed by atoms with Gasteiger partial charge in [0.2, 0.25) is 0 Å². The molecule has 0 aliphatic heterocycles. The Labute approximate surface area is 146 Å². The summed E-state index contributed by atoms with van der Waals surface area (Å²) < 4.78 is 0.895. The van der Waals surface area contributed by atoms with Crippen LogP contribution in [0, 0.1) is 0 Å². The first kappa shape index (κ1) is 15.8. The predicted octanol–water partition coefficient (Wildman–Crippen LogP) is 3.94. The van der Waals surface area contributed by atoms with Crippen LogP contribution in [0.1, 0.15) is 16.1 Å². The maximum Gasteiger partial charge on any atom is 0.251 e. The standard InChI is InChI=1S/C17H14BrN3OS/c18-14-3-1-2-13(10-14)16(22)20-9-6-15-11-23-17(21-15)12-4-7-19-8-5-12/h1-5,7-8,10-11H,6,9H2,(H,20,22). The van der Waals surface area contributed by atoms with Crippen molar-refractivity contribution in [1.82, 2.24) is 15.3 Å². The van der Waals surface area contributed by atoms with Crippen molar-refractivity contribution in [2.24, 2.45) is 0 Å². The van der Waals surface area contributed by atoms with Gasteiger partial charge in [0.05, 0.1) is 5.69 Å². The minimum absolute atomic E-state index is 0.0733. The first-order valence-electron chi connectivity index (χ1n) is 7.11. The smallest absolute Gasteiger partial charge is 0.251 e. The fourth-order valence-corrected chi connectivity index (χ4v) is 3.34. The predicted molar refractivity (Wildman–Crippen MR) is 95.5 cm³/mol. The van der Waals surface area contributed by atoms with Gasteiger partial charge in [0, 0.05) is 46.3 Å². The quantitative estimate of drug-likeness (QED) is 0.721. The van der Waals surface area contributed by atoms with Crippen molar-refractivity contribution < 1.29 is 4.79 Å². The summed E-state index contributed by atoms with van der Waals surface area (Å²) in [5, 5.41) is 5.92. The number of carbonyl (C=O) groups is 1. The highest BCUT2D eigenvalue weighted by molar-refractivity contribution is 9.10. The number of pyridine rings is 1. The topological polar surface area (TPSA) is 54.9 Å². The fourth-order valence-electron chi connectivity index (χ4n) is 2.08. The van der Waals surface area contributed by atoms with E-state index in [0.717, 1.165) is 20.7 Å². The summed E-state index contributed by atoms with van der Waals surface area (Å²) in [5.41, 5.74) is 2.70. The maximum atomic E-state index is 12.1. The van der Waals surface area contributed by atoms with E-state index >= 15 is 0 Å². The Morgan fingerprint density at radius 1 is 1.22 bits per heavy atom. The number of hydrogen-bond donors (Lipinski definition) is 1. The minimum Gasteiger partial charge on any atom is -0.352 e. The molecule has 0 fully saturated rings. The lowest BCUT2D eigenvalue weighted by Gasteiger charge is -2.04. The van der Waals surface area contributed by atoms with Gasteiger partial charge in [-0.2, -0.15) is 0 Å². The Kier molecular flexibility index (Phi) is 5.15. The third kappa shape index (κ3) is 4.24. The van der Waals surface area contributed by atoms with Gasteiger partial charge in [-0.25, -0.2) is 4.98 Å². The summed E-state index contributed by atoms with van der Waals surface area (Å²) in [7, 11) is 0. The second-order valence-electron chi connectivity index (χ2n) is 4.90. The lowest BCUT2D eigenvalue weighted by atomic mass is 10.2. The SMILES string of the molecule is O=C(NCCc1csc(-c2ccncc2)n1)c1cccc(Br)c1. The van der Waals surface area contributed by atoms with Crippen LogP contribution in [-0.2, 0) is 6.42 Å². The molecular formula is C17H14BrN3OS. The lowest BCUT2D eigenvalue weighted by Crippen LogP contribution is -2.25. The zero-order valence-corrected chi connectivity index (χ0v) is 14.6. The van der Waals surface area contributed by atoms with Crippen LogP contribution in [0.5, 0.6) is 0 Å². The van der Waals surface area contributed by atoms with Crippen LogP contribution in [0.25, 0.3) is 10.6 Å². The minimum atomic E-state index is -0.0733. The Bertz CT molecular complexity index is 804. The van der Waals surface area contributed by atoms with E-state index < -0.39 is 0 Å². The molecule has 0 saturated carbocycles. The highest BCUT2D eigenvalue weighted by Gasteiger charge is 2.07. The van der Waals surface area contributed by atoms with Crippen LogP contribution in [0.3, 0.4) is 0 Å². The van der Waals surface area contributed by atoms with Crippen LogP contribution in [0.4, 0.5) is 0 Å². The number of benzene rings is 1. The lowest BCUT2D eigenvalue weighted by molar-refractivity contribution is 0.0954. The molecule has 0 atom stereocenters. The van der Waals surface area contributed by atoms with Gasteiger partial charge < -0.3 is 5.32 Å². The zero-order valence-electron chi connectivity index (χ0n) is 12.2. The number of aromatic nitrogens is 2. The molecule has 0 aliphatic carbocycles. The number of thiazole rings is 1. The van der Waals surface area contributed by atoms with Crippen LogP contribution in [0.15, 0.2) is 58.6 Å². The van der Waals surface area contributed by atoms with Gasteiger partial charge in [-0.15, -0.1) is 11.3 Å². The Balaban J connectivity index is 1.55. The average Bonchev–Trinajstić information content (AvgIpc) is 3.04. The van der Waals surface area contributed by atoms with E-state index in [1.165, 1.54) is 0 Å². The number of rotatable bonds is 5. The molecule has 0 aliphatic rings. The third-order valence-corrected chi connectivity index (χ3v) is 4.67. The van der Waals surface area contributed by atoms with E-state index in [4.69, 9.17) is 0 Å². The molecule has 0 spiro atoms. The molecule has 0 radical (unpaired) electrons. The number of hydrogen-bond acceptors (Lipinski definition) is 4. The number of nitrogens with zero attached hydrogens (tertiary/aromatic N) is 2. The summed E-state index contributed by atoms with van der Waals surface area (Å²) >= 11 is 4.97. The van der Waals surface area contributed by atoms with Crippen molar-refractivity contribution in [3.8, 4) is 10.6 Å². The van der Waals surface area contributed by atoms with Crippen molar-refractivity contribution in [1.29, 1.82) is 0 Å². The largest absolute Gasteiger partial charge is 0.352 e. The number of nitrogens with one attached hydrogen (secondary N) is 1. The summed E-state index contributed by atoms with van der Waals surface area (Å²) in [6.45, 7) is 0.560. The molecule has 3 aromatic rings. The molecule has 3 rings (SSSR count). The molecule has 1 aromatic carbocycles. The Morgan fingerprint density at radius 3 is 2.83 bits per heavy atom. The molecule has 0 bridgehead atoms. The van der Waals surface area contributed by atoms with Crippen molar-refractivity contribution in [2.75, 3.05) is 6.54 Å². The molecule has 1 N–H and O–H groups in total. The second-order valence-corrected chi connectivity index (χ2v) is 6.67. The van der Waals surface area contributed by atoms with Crippen molar-refractivity contribution in [3.05, 3.63) is 69.9 Å². The second kappa shape index (κ2) is 7.48. The first-order valence-corrected chi connectivity index (χ1v) is 8.78. The van der Waals surface area contributed by atoms with E-state index in [1.807, 2.05) is 29.6 Å². The molecule has 2 heterocycles. The molecule has 116 valence electrons. The summed E-state index contributed by atoms with van der Waals surface area (Å²) in [4.78, 5) is 20.7. The van der Waals surface area contributed by atoms with Crippen LogP contribution in [0.2, 0.25) is 0 Å². The van der Waals surface area contributed by atoms with Gasteiger partial charge in [-0.05, 0) is 30.3 Å². The van der Waals surface area contributed by atoms with E-state index in [-0.39, 0.29) is 5.91 Å². The highest BCUT2D eigenvalue weighted by atomic mass is 79.9. The van der Waals surface area contributed by atoms with Gasteiger partial charge in [0.1, 0.15) is 5.01 Å². The molecule has 2 aromatic heterocycles. The highest BCUT2D eigenvalue weighted by Crippen LogP contribution is 2.22. The van der Waals surface area contributed by atoms with Crippen LogP contribution < -0.4 is 5.32 Å². The van der Waals surface area contributed by atoms with E-state index in [0.29, 0.717) is 18.5 Å². The molecule has 6 heteroatoms. The zero-order chi connectivity index (χ0) is 16.1. The number of halogens is 1. The third-order valence-electron chi connectivity index (χ3n) is 3.23. The Hall–Kier alpha value is -2.05. The van der Waals surface area contributed by atoms with E-state index in [9.17, 15) is 4.79 Å². The number of amides is 1. The summed E-state index contributed by atoms with van der Waals surface area (Å²) in [6, 6.07) is 11.2. The first-order chi connectivity index (χ1) is 11.2. The van der Waals surface area contributed by atoms with Crippen LogP contribution in [-0.4, -0.2) is 22.4 Å². The number of carbonyl (C=O) groups excluding carboxylic acids is 1. The van der Waals surface area contributed by atoms with Crippen molar-refractivity contribution in [3.63, 3.8) is 0 Å². The molecular weight excluding hydrogens is 374 g/mol. The van der Waals surface area contributed by atoms with Crippen molar-refractivity contribution >= 4 is 33.2 Å². The van der Waals surface area contributed by atoms with Gasteiger partial charge in [0.25, 0.3) is 5.91 Å². The van der Waals surface area contributed by atoms with E-state index in [1.54, 1.807) is 35.9 Å². The molecule has 1 amide bonds. The molecule has 23 heavy (non-hydrogen) atoms. The maximum absolute atomic E-state index is 12.1.